The van der Waals surface area contributed by atoms with Gasteiger partial charge in [0, 0.05) is 20.4 Å². The number of halogens is 2. The van der Waals surface area contributed by atoms with E-state index >= 15 is 0 Å². The molecular formula is C17H14Cl2FePPd. The summed E-state index contributed by atoms with van der Waals surface area (Å²) < 4.78 is 1.18. The van der Waals surface area contributed by atoms with E-state index in [0.29, 0.717) is 5.66 Å². The zero-order valence-electron chi connectivity index (χ0n) is 11.5. The van der Waals surface area contributed by atoms with Crippen molar-refractivity contribution in [3.8, 4) is 0 Å². The molecule has 2 aromatic rings. The number of benzene rings is 2. The molecule has 0 saturated heterocycles. The molecule has 1 aliphatic carbocycles. The first-order valence-corrected chi connectivity index (χ1v) is 11.5. The summed E-state index contributed by atoms with van der Waals surface area (Å²) in [6, 6.07) is 21.3. The van der Waals surface area contributed by atoms with Gasteiger partial charge in [0.15, 0.2) is 0 Å². The van der Waals surface area contributed by atoms with E-state index in [2.05, 4.69) is 78.9 Å². The van der Waals surface area contributed by atoms with Gasteiger partial charge < -0.3 is 0 Å². The van der Waals surface area contributed by atoms with Gasteiger partial charge >= 0.3 is 140 Å². The Balaban J connectivity index is 0.00000176. The summed E-state index contributed by atoms with van der Waals surface area (Å²) in [6.07, 6.45) is 6.42. The van der Waals surface area contributed by atoms with E-state index in [1.54, 1.807) is 0 Å². The van der Waals surface area contributed by atoms with Gasteiger partial charge in [-0.1, -0.05) is 0 Å². The van der Waals surface area contributed by atoms with Crippen molar-refractivity contribution in [1.29, 1.82) is 0 Å². The van der Waals surface area contributed by atoms with Crippen LogP contribution in [-0.2, 0) is 32.5 Å². The van der Waals surface area contributed by atoms with E-state index in [0.717, 1.165) is 0 Å². The molecular weight excluding hydrogens is 468 g/mol. The fourth-order valence-corrected chi connectivity index (χ4v) is 7.84. The molecule has 0 spiro atoms. The van der Waals surface area contributed by atoms with Crippen LogP contribution >= 0.6 is 28.1 Å². The minimum Gasteiger partial charge on any atom is 0 e. The van der Waals surface area contributed by atoms with Crippen LogP contribution in [0.1, 0.15) is 0 Å². The quantitative estimate of drug-likeness (QED) is 0.431. The van der Waals surface area contributed by atoms with Gasteiger partial charge in [0.2, 0.25) is 0 Å². The van der Waals surface area contributed by atoms with Crippen LogP contribution in [-0.4, -0.2) is 5.66 Å². The molecule has 0 nitrogen and oxygen atoms in total. The number of allylic oxidation sites excluding steroid dienone is 4. The van der Waals surface area contributed by atoms with Crippen LogP contribution in [0, 0.1) is 0 Å². The fourth-order valence-electron chi connectivity index (χ4n) is 2.42. The van der Waals surface area contributed by atoms with Gasteiger partial charge in [0.25, 0.3) is 0 Å². The third kappa shape index (κ3) is 4.14. The Bertz CT molecular complexity index is 619. The average Bonchev–Trinajstić information content (AvgIpc) is 2.99. The molecule has 0 saturated carbocycles. The molecule has 22 heavy (non-hydrogen) atoms. The van der Waals surface area contributed by atoms with E-state index in [1.165, 1.54) is 15.1 Å². The normalized spacial score (nSPS) is 17.1. The molecule has 1 aliphatic rings. The molecule has 0 aliphatic heterocycles. The average molecular weight is 482 g/mol. The predicted octanol–water partition coefficient (Wildman–Crippen LogP) is 4.86. The van der Waals surface area contributed by atoms with Gasteiger partial charge in [-0.25, -0.2) is 0 Å². The second-order valence-corrected chi connectivity index (χ2v) is 10.9. The van der Waals surface area contributed by atoms with Gasteiger partial charge in [-0.2, -0.15) is 0 Å². The number of hydrogen-bond donors (Lipinski definition) is 0. The van der Waals surface area contributed by atoms with Crippen molar-refractivity contribution in [2.75, 3.05) is 0 Å². The molecule has 3 rings (SSSR count). The van der Waals surface area contributed by atoms with Gasteiger partial charge in [-0.15, -0.1) is 0 Å². The predicted molar refractivity (Wildman–Crippen MR) is 91.8 cm³/mol. The fraction of sp³-hybridized carbons (Fsp3) is 0.0588. The monoisotopic (exact) mass is 481 g/mol. The van der Waals surface area contributed by atoms with Crippen LogP contribution in [0.15, 0.2) is 83.4 Å². The maximum Gasteiger partial charge on any atom is 0 e. The Morgan fingerprint density at radius 2 is 1.32 bits per heavy atom. The Kier molecular flexibility index (Phi) is 7.40. The van der Waals surface area contributed by atoms with Gasteiger partial charge in [0.05, 0.1) is 0 Å². The first-order chi connectivity index (χ1) is 10.3. The molecule has 0 fully saturated rings. The standard InChI is InChI=1S/C17H14P.2ClH.Fe.Pd/c1-3-9-15(10-4-1)18(17-13-7-8-14-17)16-11-5-2-6-12-16;;;;/h1-13,17H;2*1H;;/q;;;+2;/p-2. The zero-order chi connectivity index (χ0) is 14.7. The summed E-state index contributed by atoms with van der Waals surface area (Å²) >= 11 is -1.28. The molecule has 119 valence electrons. The molecule has 0 bridgehead atoms. The van der Waals surface area contributed by atoms with Gasteiger partial charge in [-0.05, 0) is 0 Å². The Morgan fingerprint density at radius 3 is 1.77 bits per heavy atom. The molecule has 0 N–H and O–H groups in total. The maximum atomic E-state index is 6.25. The van der Waals surface area contributed by atoms with Crippen molar-refractivity contribution in [2.45, 2.75) is 5.66 Å². The molecule has 0 radical (unpaired) electrons. The molecule has 0 aromatic heterocycles. The topological polar surface area (TPSA) is 0 Å². The Hall–Kier alpha value is 0.112. The maximum absolute atomic E-state index is 6.25. The Morgan fingerprint density at radius 1 is 0.818 bits per heavy atom. The summed E-state index contributed by atoms with van der Waals surface area (Å²) in [5.41, 5.74) is 0.305. The van der Waals surface area contributed by atoms with Crippen LogP contribution in [0.4, 0.5) is 0 Å². The van der Waals surface area contributed by atoms with E-state index in [4.69, 9.17) is 20.2 Å². The minimum absolute atomic E-state index is 0. The second kappa shape index (κ2) is 8.82. The second-order valence-electron chi connectivity index (χ2n) is 4.59. The first kappa shape index (κ1) is 18.5. The van der Waals surface area contributed by atoms with Crippen LogP contribution in [0.5, 0.6) is 0 Å². The van der Waals surface area contributed by atoms with Crippen molar-refractivity contribution < 1.29 is 32.5 Å². The van der Waals surface area contributed by atoms with E-state index in [1.807, 2.05) is 0 Å². The van der Waals surface area contributed by atoms with Crippen molar-refractivity contribution in [3.63, 3.8) is 0 Å². The molecule has 1 atom stereocenters. The number of rotatable bonds is 4. The minimum atomic E-state index is -1.28. The van der Waals surface area contributed by atoms with Crippen LogP contribution in [0.25, 0.3) is 0 Å². The summed E-state index contributed by atoms with van der Waals surface area (Å²) in [6.45, 7) is 0. The van der Waals surface area contributed by atoms with Crippen molar-refractivity contribution >= 4 is 38.7 Å². The Labute approximate surface area is 159 Å². The van der Waals surface area contributed by atoms with E-state index < -0.39 is 20.0 Å². The molecule has 1 unspecified atom stereocenters. The molecule has 5 heteroatoms. The molecule has 0 heterocycles. The smallest absolute Gasteiger partial charge is 0 e. The van der Waals surface area contributed by atoms with Crippen molar-refractivity contribution in [2.24, 2.45) is 0 Å². The summed E-state index contributed by atoms with van der Waals surface area (Å²) in [7, 11) is 12.0. The van der Waals surface area contributed by atoms with E-state index in [-0.39, 0.29) is 20.4 Å². The summed E-state index contributed by atoms with van der Waals surface area (Å²) in [5.74, 6) is 0. The zero-order valence-corrected chi connectivity index (χ0v) is 16.5. The van der Waals surface area contributed by atoms with Crippen LogP contribution in [0.2, 0.25) is 0 Å². The number of hydrogen-bond acceptors (Lipinski definition) is 0. The third-order valence-corrected chi connectivity index (χ3v) is 8.55. The van der Waals surface area contributed by atoms with E-state index in [9.17, 15) is 0 Å². The van der Waals surface area contributed by atoms with Crippen molar-refractivity contribution in [1.82, 2.24) is 0 Å². The van der Waals surface area contributed by atoms with Crippen LogP contribution < -0.4 is 10.6 Å². The van der Waals surface area contributed by atoms with Gasteiger partial charge in [0.1, 0.15) is 0 Å². The van der Waals surface area contributed by atoms with Crippen LogP contribution in [0.3, 0.4) is 0 Å². The third-order valence-electron chi connectivity index (χ3n) is 3.32. The SMILES string of the molecule is [Cl][Fe]([Cl])[C]1=CC=CC1P(c1ccccc1)c1ccccc1.[Pd]. The molecule has 2 aromatic carbocycles. The summed E-state index contributed by atoms with van der Waals surface area (Å²) in [5, 5.41) is 2.71. The molecule has 0 amide bonds. The first-order valence-electron chi connectivity index (χ1n) is 6.55. The van der Waals surface area contributed by atoms with Crippen molar-refractivity contribution in [3.05, 3.63) is 83.4 Å². The largest absolute Gasteiger partial charge is 0 e. The summed E-state index contributed by atoms with van der Waals surface area (Å²) in [4.78, 5) is 0. The van der Waals surface area contributed by atoms with Gasteiger partial charge in [-0.3, -0.25) is 0 Å².